The molecule has 1 aromatic rings. The van der Waals surface area contributed by atoms with E-state index in [0.29, 0.717) is 12.5 Å². The number of hydrogen-bond acceptors (Lipinski definition) is 5. The standard InChI is InChI=1S/C12H15N5O/c1-2-3-5-14-11(18)10(8-13)9-17-12-15-6-4-7-16-12/h4,6-7,9H,2-3,5H2,1H3,(H,14,18)(H,15,16,17)/b10-9-. The first-order chi connectivity index (χ1) is 8.77. The molecule has 94 valence electrons. The Morgan fingerprint density at radius 1 is 1.50 bits per heavy atom. The Morgan fingerprint density at radius 3 is 2.83 bits per heavy atom. The van der Waals surface area contributed by atoms with Crippen molar-refractivity contribution in [3.63, 3.8) is 0 Å². The lowest BCUT2D eigenvalue weighted by atomic mass is 10.3. The number of carbonyl (C=O) groups is 1. The molecule has 1 rings (SSSR count). The molecular weight excluding hydrogens is 230 g/mol. The molecule has 0 atom stereocenters. The van der Waals surface area contributed by atoms with E-state index in [1.807, 2.05) is 13.0 Å². The topological polar surface area (TPSA) is 90.7 Å². The molecule has 1 amide bonds. The summed E-state index contributed by atoms with van der Waals surface area (Å²) in [5, 5.41) is 14.2. The number of nitrogens with one attached hydrogen (secondary N) is 2. The van der Waals surface area contributed by atoms with Crippen molar-refractivity contribution in [2.45, 2.75) is 19.8 Å². The minimum absolute atomic E-state index is 0.00134. The van der Waals surface area contributed by atoms with Crippen molar-refractivity contribution in [2.75, 3.05) is 11.9 Å². The van der Waals surface area contributed by atoms with Crippen LogP contribution in [0.2, 0.25) is 0 Å². The summed E-state index contributed by atoms with van der Waals surface area (Å²) < 4.78 is 0. The van der Waals surface area contributed by atoms with Crippen molar-refractivity contribution in [3.8, 4) is 6.07 Å². The third-order valence-electron chi connectivity index (χ3n) is 2.09. The Morgan fingerprint density at radius 2 is 2.22 bits per heavy atom. The molecule has 6 heteroatoms. The summed E-state index contributed by atoms with van der Waals surface area (Å²) in [6.07, 6.45) is 6.31. The molecule has 1 heterocycles. The number of nitriles is 1. The molecule has 0 unspecified atom stereocenters. The van der Waals surface area contributed by atoms with Crippen LogP contribution in [0, 0.1) is 11.3 Å². The molecule has 18 heavy (non-hydrogen) atoms. The van der Waals surface area contributed by atoms with Gasteiger partial charge in [-0.3, -0.25) is 4.79 Å². The van der Waals surface area contributed by atoms with Gasteiger partial charge in [0, 0.05) is 25.1 Å². The number of rotatable bonds is 6. The monoisotopic (exact) mass is 245 g/mol. The molecule has 0 aliphatic heterocycles. The van der Waals surface area contributed by atoms with Gasteiger partial charge in [-0.25, -0.2) is 9.97 Å². The summed E-state index contributed by atoms with van der Waals surface area (Å²) in [6, 6.07) is 3.51. The molecule has 0 spiro atoms. The summed E-state index contributed by atoms with van der Waals surface area (Å²) >= 11 is 0. The van der Waals surface area contributed by atoms with E-state index in [9.17, 15) is 4.79 Å². The summed E-state index contributed by atoms with van der Waals surface area (Å²) in [5.74, 6) is -0.0546. The summed E-state index contributed by atoms with van der Waals surface area (Å²) in [5.41, 5.74) is -0.00134. The Labute approximate surface area is 106 Å². The third kappa shape index (κ3) is 4.61. The lowest BCUT2D eigenvalue weighted by Crippen LogP contribution is -2.25. The number of aromatic nitrogens is 2. The molecular formula is C12H15N5O. The van der Waals surface area contributed by atoms with Gasteiger partial charge in [0.15, 0.2) is 0 Å². The van der Waals surface area contributed by atoms with E-state index in [-0.39, 0.29) is 5.57 Å². The van der Waals surface area contributed by atoms with Crippen LogP contribution in [0.3, 0.4) is 0 Å². The van der Waals surface area contributed by atoms with E-state index < -0.39 is 5.91 Å². The molecule has 1 aromatic heterocycles. The maximum absolute atomic E-state index is 11.6. The maximum atomic E-state index is 11.6. The van der Waals surface area contributed by atoms with E-state index in [2.05, 4.69) is 20.6 Å². The normalized spacial score (nSPS) is 10.6. The summed E-state index contributed by atoms with van der Waals surface area (Å²) in [7, 11) is 0. The van der Waals surface area contributed by atoms with Crippen molar-refractivity contribution in [2.24, 2.45) is 0 Å². The molecule has 0 aliphatic rings. The zero-order chi connectivity index (χ0) is 13.2. The number of amides is 1. The van der Waals surface area contributed by atoms with Gasteiger partial charge in [-0.1, -0.05) is 13.3 Å². The highest BCUT2D eigenvalue weighted by Crippen LogP contribution is 1.98. The van der Waals surface area contributed by atoms with Crippen LogP contribution in [-0.4, -0.2) is 22.4 Å². The van der Waals surface area contributed by atoms with Crippen molar-refractivity contribution >= 4 is 11.9 Å². The van der Waals surface area contributed by atoms with Gasteiger partial charge in [0.05, 0.1) is 0 Å². The van der Waals surface area contributed by atoms with Crippen molar-refractivity contribution in [3.05, 3.63) is 30.2 Å². The largest absolute Gasteiger partial charge is 0.351 e. The summed E-state index contributed by atoms with van der Waals surface area (Å²) in [6.45, 7) is 2.59. The zero-order valence-corrected chi connectivity index (χ0v) is 10.2. The van der Waals surface area contributed by atoms with Gasteiger partial charge in [-0.15, -0.1) is 0 Å². The zero-order valence-electron chi connectivity index (χ0n) is 10.2. The van der Waals surface area contributed by atoms with E-state index >= 15 is 0 Å². The average molecular weight is 245 g/mol. The predicted molar refractivity (Wildman–Crippen MR) is 67.3 cm³/mol. The highest BCUT2D eigenvalue weighted by Gasteiger charge is 2.07. The lowest BCUT2D eigenvalue weighted by Gasteiger charge is -2.03. The second-order valence-electron chi connectivity index (χ2n) is 3.50. The minimum atomic E-state index is -0.394. The highest BCUT2D eigenvalue weighted by atomic mass is 16.1. The molecule has 0 saturated carbocycles. The number of unbranched alkanes of at least 4 members (excludes halogenated alkanes) is 1. The first kappa shape index (κ1) is 13.6. The van der Waals surface area contributed by atoms with E-state index in [0.717, 1.165) is 12.8 Å². The molecule has 6 nitrogen and oxygen atoms in total. The van der Waals surface area contributed by atoms with Crippen LogP contribution in [0.15, 0.2) is 30.2 Å². The van der Waals surface area contributed by atoms with Gasteiger partial charge >= 0.3 is 0 Å². The van der Waals surface area contributed by atoms with Crippen LogP contribution < -0.4 is 10.6 Å². The van der Waals surface area contributed by atoms with Crippen LogP contribution in [0.4, 0.5) is 5.95 Å². The SMILES string of the molecule is CCCCNC(=O)/C(C#N)=C\Nc1ncccn1. The van der Waals surface area contributed by atoms with Crippen molar-refractivity contribution in [1.82, 2.24) is 15.3 Å². The fraction of sp³-hybridized carbons (Fsp3) is 0.333. The maximum Gasteiger partial charge on any atom is 0.263 e. The van der Waals surface area contributed by atoms with Crippen molar-refractivity contribution in [1.29, 1.82) is 5.26 Å². The predicted octanol–water partition coefficient (Wildman–Crippen LogP) is 1.21. The van der Waals surface area contributed by atoms with E-state index in [1.165, 1.54) is 6.20 Å². The first-order valence-electron chi connectivity index (χ1n) is 5.70. The fourth-order valence-corrected chi connectivity index (χ4v) is 1.13. The first-order valence-corrected chi connectivity index (χ1v) is 5.70. The minimum Gasteiger partial charge on any atom is -0.351 e. The smallest absolute Gasteiger partial charge is 0.263 e. The van der Waals surface area contributed by atoms with Crippen LogP contribution in [0.25, 0.3) is 0 Å². The molecule has 0 radical (unpaired) electrons. The van der Waals surface area contributed by atoms with Gasteiger partial charge in [-0.2, -0.15) is 5.26 Å². The lowest BCUT2D eigenvalue weighted by molar-refractivity contribution is -0.117. The Bertz CT molecular complexity index is 449. The number of nitrogens with zero attached hydrogens (tertiary/aromatic N) is 3. The molecule has 0 bridgehead atoms. The highest BCUT2D eigenvalue weighted by molar-refractivity contribution is 5.97. The van der Waals surface area contributed by atoms with Crippen LogP contribution in [0.5, 0.6) is 0 Å². The fourth-order valence-electron chi connectivity index (χ4n) is 1.13. The van der Waals surface area contributed by atoms with Gasteiger partial charge in [0.2, 0.25) is 5.95 Å². The number of hydrogen-bond donors (Lipinski definition) is 2. The summed E-state index contributed by atoms with van der Waals surface area (Å²) in [4.78, 5) is 19.4. The Kier molecular flexibility index (Phi) is 5.90. The average Bonchev–Trinajstić information content (AvgIpc) is 2.41. The Balaban J connectivity index is 2.55. The van der Waals surface area contributed by atoms with Gasteiger partial charge in [0.25, 0.3) is 5.91 Å². The Hall–Kier alpha value is -2.42. The van der Waals surface area contributed by atoms with Crippen molar-refractivity contribution < 1.29 is 4.79 Å². The third-order valence-corrected chi connectivity index (χ3v) is 2.09. The molecule has 0 saturated heterocycles. The second-order valence-corrected chi connectivity index (χ2v) is 3.50. The van der Waals surface area contributed by atoms with E-state index in [1.54, 1.807) is 18.5 Å². The van der Waals surface area contributed by atoms with Gasteiger partial charge in [0.1, 0.15) is 11.6 Å². The number of anilines is 1. The molecule has 2 N–H and O–H groups in total. The van der Waals surface area contributed by atoms with Crippen LogP contribution in [0.1, 0.15) is 19.8 Å². The molecule has 0 fully saturated rings. The van der Waals surface area contributed by atoms with Gasteiger partial charge in [-0.05, 0) is 12.5 Å². The van der Waals surface area contributed by atoms with Crippen LogP contribution >= 0.6 is 0 Å². The van der Waals surface area contributed by atoms with Gasteiger partial charge < -0.3 is 10.6 Å². The number of carbonyl (C=O) groups excluding carboxylic acids is 1. The van der Waals surface area contributed by atoms with E-state index in [4.69, 9.17) is 5.26 Å². The molecule has 0 aromatic carbocycles. The quantitative estimate of drug-likeness (QED) is 0.446. The van der Waals surface area contributed by atoms with Crippen LogP contribution in [-0.2, 0) is 4.79 Å². The second kappa shape index (κ2) is 7.79. The molecule has 0 aliphatic carbocycles.